The van der Waals surface area contributed by atoms with E-state index < -0.39 is 0 Å². The van der Waals surface area contributed by atoms with Gasteiger partial charge in [-0.05, 0) is 25.5 Å². The Morgan fingerprint density at radius 2 is 2.29 bits per heavy atom. The van der Waals surface area contributed by atoms with Crippen LogP contribution in [0, 0.1) is 5.82 Å². The van der Waals surface area contributed by atoms with Gasteiger partial charge < -0.3 is 10.6 Å². The van der Waals surface area contributed by atoms with Crippen molar-refractivity contribution in [3.8, 4) is 0 Å². The van der Waals surface area contributed by atoms with E-state index in [9.17, 15) is 4.39 Å². The van der Waals surface area contributed by atoms with E-state index in [-0.39, 0.29) is 11.9 Å². The van der Waals surface area contributed by atoms with Gasteiger partial charge in [0.25, 0.3) is 0 Å². The van der Waals surface area contributed by atoms with Crippen LogP contribution in [0.15, 0.2) is 18.2 Å². The minimum Gasteiger partial charge on any atom is -0.365 e. The first kappa shape index (κ1) is 12.7. The van der Waals surface area contributed by atoms with Gasteiger partial charge in [0.05, 0.1) is 5.69 Å². The SMILES string of the molecule is CC1CSCCN1c1c(F)cccc1[C@@H](C)N. The van der Waals surface area contributed by atoms with Crippen LogP contribution in [0.5, 0.6) is 0 Å². The molecule has 0 radical (unpaired) electrons. The number of nitrogens with two attached hydrogens (primary N) is 1. The van der Waals surface area contributed by atoms with Gasteiger partial charge in [0.1, 0.15) is 5.82 Å². The van der Waals surface area contributed by atoms with Crippen LogP contribution in [-0.2, 0) is 0 Å². The highest BCUT2D eigenvalue weighted by atomic mass is 32.2. The summed E-state index contributed by atoms with van der Waals surface area (Å²) in [4.78, 5) is 2.16. The molecule has 0 aliphatic carbocycles. The summed E-state index contributed by atoms with van der Waals surface area (Å²) < 4.78 is 14.1. The molecule has 1 unspecified atom stereocenters. The Labute approximate surface area is 106 Å². The summed E-state index contributed by atoms with van der Waals surface area (Å²) in [7, 11) is 0. The maximum absolute atomic E-state index is 14.1. The number of halogens is 1. The third-order valence-electron chi connectivity index (χ3n) is 3.16. The maximum atomic E-state index is 14.1. The molecule has 17 heavy (non-hydrogen) atoms. The van der Waals surface area contributed by atoms with Crippen molar-refractivity contribution in [2.24, 2.45) is 5.73 Å². The van der Waals surface area contributed by atoms with E-state index in [1.807, 2.05) is 24.8 Å². The molecule has 1 aromatic rings. The molecule has 0 bridgehead atoms. The van der Waals surface area contributed by atoms with Gasteiger partial charge in [-0.3, -0.25) is 0 Å². The number of anilines is 1. The quantitative estimate of drug-likeness (QED) is 0.880. The van der Waals surface area contributed by atoms with Crippen molar-refractivity contribution < 1.29 is 4.39 Å². The smallest absolute Gasteiger partial charge is 0.146 e. The third-order valence-corrected chi connectivity index (χ3v) is 4.35. The summed E-state index contributed by atoms with van der Waals surface area (Å²) in [5, 5.41) is 0. The van der Waals surface area contributed by atoms with Gasteiger partial charge in [-0.1, -0.05) is 12.1 Å². The molecule has 94 valence electrons. The monoisotopic (exact) mass is 254 g/mol. The van der Waals surface area contributed by atoms with Crippen LogP contribution in [-0.4, -0.2) is 24.1 Å². The second kappa shape index (κ2) is 5.27. The molecule has 0 aromatic heterocycles. The van der Waals surface area contributed by atoms with Gasteiger partial charge in [0.2, 0.25) is 0 Å². The summed E-state index contributed by atoms with van der Waals surface area (Å²) in [6.45, 7) is 4.94. The molecule has 2 atom stereocenters. The first-order valence-electron chi connectivity index (χ1n) is 5.99. The zero-order valence-electron chi connectivity index (χ0n) is 10.3. The molecule has 1 aliphatic heterocycles. The average Bonchev–Trinajstić information content (AvgIpc) is 2.30. The van der Waals surface area contributed by atoms with Crippen molar-refractivity contribution in [3.63, 3.8) is 0 Å². The van der Waals surface area contributed by atoms with Crippen molar-refractivity contribution in [2.75, 3.05) is 23.0 Å². The number of para-hydroxylation sites is 1. The number of benzene rings is 1. The molecule has 1 aliphatic rings. The number of rotatable bonds is 2. The third kappa shape index (κ3) is 2.58. The lowest BCUT2D eigenvalue weighted by Gasteiger charge is -2.37. The van der Waals surface area contributed by atoms with Crippen LogP contribution in [0.1, 0.15) is 25.5 Å². The Balaban J connectivity index is 2.41. The Bertz CT molecular complexity index is 395. The number of hydrogen-bond donors (Lipinski definition) is 1. The largest absolute Gasteiger partial charge is 0.365 e. The minimum absolute atomic E-state index is 0.137. The molecule has 0 amide bonds. The van der Waals surface area contributed by atoms with Crippen LogP contribution in [0.2, 0.25) is 0 Å². The fraction of sp³-hybridized carbons (Fsp3) is 0.538. The second-order valence-electron chi connectivity index (χ2n) is 4.58. The summed E-state index contributed by atoms with van der Waals surface area (Å²) in [5.41, 5.74) is 7.55. The van der Waals surface area contributed by atoms with Crippen LogP contribution in [0.25, 0.3) is 0 Å². The van der Waals surface area contributed by atoms with E-state index >= 15 is 0 Å². The van der Waals surface area contributed by atoms with E-state index in [0.29, 0.717) is 11.7 Å². The van der Waals surface area contributed by atoms with Crippen molar-refractivity contribution in [2.45, 2.75) is 25.9 Å². The zero-order chi connectivity index (χ0) is 12.4. The standard InChI is InChI=1S/C13H19FN2S/c1-9-8-17-7-6-16(9)13-11(10(2)15)4-3-5-12(13)14/h3-5,9-10H,6-8,15H2,1-2H3/t9?,10-/m1/s1. The van der Waals surface area contributed by atoms with E-state index in [1.165, 1.54) is 6.07 Å². The van der Waals surface area contributed by atoms with Gasteiger partial charge in [-0.15, -0.1) is 0 Å². The van der Waals surface area contributed by atoms with Gasteiger partial charge in [-0.25, -0.2) is 4.39 Å². The number of thioether (sulfide) groups is 1. The Morgan fingerprint density at radius 3 is 2.94 bits per heavy atom. The van der Waals surface area contributed by atoms with Crippen molar-refractivity contribution in [1.82, 2.24) is 0 Å². The van der Waals surface area contributed by atoms with Crippen molar-refractivity contribution in [3.05, 3.63) is 29.6 Å². The van der Waals surface area contributed by atoms with Gasteiger partial charge >= 0.3 is 0 Å². The Morgan fingerprint density at radius 1 is 1.53 bits per heavy atom. The lowest BCUT2D eigenvalue weighted by molar-refractivity contribution is 0.596. The van der Waals surface area contributed by atoms with Crippen LogP contribution in [0.4, 0.5) is 10.1 Å². The number of nitrogens with zero attached hydrogens (tertiary/aromatic N) is 1. The van der Waals surface area contributed by atoms with Gasteiger partial charge in [0, 0.05) is 30.1 Å². The summed E-state index contributed by atoms with van der Waals surface area (Å²) in [5.74, 6) is 1.95. The molecule has 2 rings (SSSR count). The zero-order valence-corrected chi connectivity index (χ0v) is 11.1. The van der Waals surface area contributed by atoms with Gasteiger partial charge in [0.15, 0.2) is 0 Å². The minimum atomic E-state index is -0.154. The second-order valence-corrected chi connectivity index (χ2v) is 5.73. The van der Waals surface area contributed by atoms with Crippen LogP contribution >= 0.6 is 11.8 Å². The Hall–Kier alpha value is -0.740. The molecule has 2 N–H and O–H groups in total. The average molecular weight is 254 g/mol. The maximum Gasteiger partial charge on any atom is 0.146 e. The first-order chi connectivity index (χ1) is 8.11. The normalized spacial score (nSPS) is 22.6. The molecule has 1 aromatic carbocycles. The van der Waals surface area contributed by atoms with E-state index in [4.69, 9.17) is 5.73 Å². The van der Waals surface area contributed by atoms with E-state index in [0.717, 1.165) is 23.6 Å². The van der Waals surface area contributed by atoms with Crippen LogP contribution < -0.4 is 10.6 Å². The van der Waals surface area contributed by atoms with E-state index in [1.54, 1.807) is 6.07 Å². The molecular weight excluding hydrogens is 235 g/mol. The first-order valence-corrected chi connectivity index (χ1v) is 7.15. The Kier molecular flexibility index (Phi) is 3.94. The molecule has 0 spiro atoms. The summed E-state index contributed by atoms with van der Waals surface area (Å²) >= 11 is 1.93. The summed E-state index contributed by atoms with van der Waals surface area (Å²) in [6.07, 6.45) is 0. The molecule has 4 heteroatoms. The fourth-order valence-corrected chi connectivity index (χ4v) is 3.28. The van der Waals surface area contributed by atoms with Crippen LogP contribution in [0.3, 0.4) is 0 Å². The molecule has 1 heterocycles. The molecule has 0 saturated carbocycles. The molecular formula is C13H19FN2S. The lowest BCUT2D eigenvalue weighted by Crippen LogP contribution is -2.41. The molecule has 2 nitrogen and oxygen atoms in total. The fourth-order valence-electron chi connectivity index (χ4n) is 2.26. The molecule has 1 fully saturated rings. The molecule has 1 saturated heterocycles. The highest BCUT2D eigenvalue weighted by Crippen LogP contribution is 2.32. The highest BCUT2D eigenvalue weighted by Gasteiger charge is 2.24. The topological polar surface area (TPSA) is 29.3 Å². The van der Waals surface area contributed by atoms with Gasteiger partial charge in [-0.2, -0.15) is 11.8 Å². The van der Waals surface area contributed by atoms with E-state index in [2.05, 4.69) is 11.8 Å². The lowest BCUT2D eigenvalue weighted by atomic mass is 10.0. The highest BCUT2D eigenvalue weighted by molar-refractivity contribution is 7.99. The predicted molar refractivity (Wildman–Crippen MR) is 73.1 cm³/mol. The predicted octanol–water partition coefficient (Wildman–Crippen LogP) is 2.79. The van der Waals surface area contributed by atoms with Crippen molar-refractivity contribution in [1.29, 1.82) is 0 Å². The summed E-state index contributed by atoms with van der Waals surface area (Å²) in [6, 6.07) is 5.42. The number of hydrogen-bond acceptors (Lipinski definition) is 3. The van der Waals surface area contributed by atoms with Crippen molar-refractivity contribution >= 4 is 17.4 Å².